The molecular weight excluding hydrogens is 392 g/mol. The van der Waals surface area contributed by atoms with Crippen molar-refractivity contribution in [1.29, 1.82) is 0 Å². The minimum Gasteiger partial charge on any atom is -0.386 e. The third-order valence-corrected chi connectivity index (χ3v) is 5.13. The first-order valence-corrected chi connectivity index (χ1v) is 9.82. The van der Waals surface area contributed by atoms with Crippen LogP contribution in [-0.2, 0) is 12.0 Å². The summed E-state index contributed by atoms with van der Waals surface area (Å²) in [5.41, 5.74) is 8.88. The van der Waals surface area contributed by atoms with Gasteiger partial charge in [-0.05, 0) is 37.6 Å². The standard InChI is InChI=1S/C24H22N4O3/c1-24(2,31)18-9-7-16(8-10-18)21(29)14-19-13-20(28-22(27-19)11-12-26-28)15-3-5-17(6-4-15)23(25)30/h3-13,31H,14H2,1-2H3,(H2,25,30). The van der Waals surface area contributed by atoms with Gasteiger partial charge in [0.1, 0.15) is 0 Å². The zero-order valence-electron chi connectivity index (χ0n) is 17.2. The lowest BCUT2D eigenvalue weighted by atomic mass is 9.96. The Kier molecular flexibility index (Phi) is 5.12. The second-order valence-electron chi connectivity index (χ2n) is 7.91. The van der Waals surface area contributed by atoms with Gasteiger partial charge < -0.3 is 10.8 Å². The Labute approximate surface area is 179 Å². The predicted octanol–water partition coefficient (Wildman–Crippen LogP) is 3.15. The largest absolute Gasteiger partial charge is 0.386 e. The number of aliphatic hydroxyl groups is 1. The van der Waals surface area contributed by atoms with Crippen molar-refractivity contribution >= 4 is 17.3 Å². The fourth-order valence-corrected chi connectivity index (χ4v) is 3.40. The van der Waals surface area contributed by atoms with Gasteiger partial charge in [0.2, 0.25) is 5.91 Å². The number of nitrogens with zero attached hydrogens (tertiary/aromatic N) is 3. The highest BCUT2D eigenvalue weighted by Crippen LogP contribution is 2.23. The second-order valence-corrected chi connectivity index (χ2v) is 7.91. The molecule has 0 radical (unpaired) electrons. The van der Waals surface area contributed by atoms with E-state index in [9.17, 15) is 14.7 Å². The quantitative estimate of drug-likeness (QED) is 0.471. The highest BCUT2D eigenvalue weighted by molar-refractivity contribution is 5.97. The van der Waals surface area contributed by atoms with Crippen LogP contribution >= 0.6 is 0 Å². The van der Waals surface area contributed by atoms with Crippen LogP contribution < -0.4 is 5.73 Å². The Bertz CT molecular complexity index is 1270. The van der Waals surface area contributed by atoms with Crippen LogP contribution in [0.2, 0.25) is 0 Å². The summed E-state index contributed by atoms with van der Waals surface area (Å²) in [4.78, 5) is 28.7. The van der Waals surface area contributed by atoms with E-state index in [0.717, 1.165) is 16.8 Å². The molecule has 31 heavy (non-hydrogen) atoms. The summed E-state index contributed by atoms with van der Waals surface area (Å²) in [5, 5.41) is 14.4. The first kappa shape index (κ1) is 20.4. The minimum atomic E-state index is -0.963. The molecule has 3 N–H and O–H groups in total. The van der Waals surface area contributed by atoms with Crippen LogP contribution in [0.25, 0.3) is 16.9 Å². The number of primary amides is 1. The molecule has 0 fully saturated rings. The Balaban J connectivity index is 1.65. The molecule has 0 saturated carbocycles. The average molecular weight is 414 g/mol. The second kappa shape index (κ2) is 7.77. The molecule has 0 unspecified atom stereocenters. The van der Waals surface area contributed by atoms with Gasteiger partial charge >= 0.3 is 0 Å². The number of carbonyl (C=O) groups excluding carboxylic acids is 2. The lowest BCUT2D eigenvalue weighted by molar-refractivity contribution is 0.0784. The van der Waals surface area contributed by atoms with Gasteiger partial charge in [0.15, 0.2) is 11.4 Å². The molecule has 156 valence electrons. The molecule has 0 bridgehead atoms. The molecule has 2 heterocycles. The number of hydrogen-bond donors (Lipinski definition) is 2. The molecule has 7 nitrogen and oxygen atoms in total. The lowest BCUT2D eigenvalue weighted by Crippen LogP contribution is -2.15. The Hall–Kier alpha value is -3.84. The van der Waals surface area contributed by atoms with E-state index < -0.39 is 11.5 Å². The third-order valence-electron chi connectivity index (χ3n) is 5.13. The first-order valence-electron chi connectivity index (χ1n) is 9.82. The van der Waals surface area contributed by atoms with E-state index in [2.05, 4.69) is 10.1 Å². The van der Waals surface area contributed by atoms with E-state index in [0.29, 0.717) is 22.5 Å². The zero-order valence-corrected chi connectivity index (χ0v) is 17.2. The van der Waals surface area contributed by atoms with Crippen molar-refractivity contribution in [3.8, 4) is 11.3 Å². The molecule has 2 aromatic heterocycles. The Morgan fingerprint density at radius 3 is 2.26 bits per heavy atom. The predicted molar refractivity (Wildman–Crippen MR) is 117 cm³/mol. The molecule has 0 saturated heterocycles. The van der Waals surface area contributed by atoms with Crippen molar-refractivity contribution in [1.82, 2.24) is 14.6 Å². The van der Waals surface area contributed by atoms with Gasteiger partial charge in [-0.25, -0.2) is 9.50 Å². The van der Waals surface area contributed by atoms with Crippen molar-refractivity contribution in [2.24, 2.45) is 5.73 Å². The van der Waals surface area contributed by atoms with Gasteiger partial charge in [0.05, 0.1) is 29.6 Å². The highest BCUT2D eigenvalue weighted by Gasteiger charge is 2.17. The van der Waals surface area contributed by atoms with Crippen molar-refractivity contribution in [3.63, 3.8) is 0 Å². The molecule has 2 aromatic carbocycles. The van der Waals surface area contributed by atoms with Crippen LogP contribution in [0.3, 0.4) is 0 Å². The number of ketones is 1. The Morgan fingerprint density at radius 1 is 1.00 bits per heavy atom. The van der Waals surface area contributed by atoms with Crippen molar-refractivity contribution in [2.45, 2.75) is 25.9 Å². The number of carbonyl (C=O) groups is 2. The van der Waals surface area contributed by atoms with Crippen molar-refractivity contribution in [3.05, 3.63) is 89.2 Å². The maximum absolute atomic E-state index is 12.8. The molecular formula is C24H22N4O3. The maximum atomic E-state index is 12.8. The molecule has 4 rings (SSSR count). The molecule has 1 amide bonds. The van der Waals surface area contributed by atoms with Gasteiger partial charge in [0, 0.05) is 22.8 Å². The smallest absolute Gasteiger partial charge is 0.248 e. The van der Waals surface area contributed by atoms with Gasteiger partial charge in [-0.2, -0.15) is 5.10 Å². The monoisotopic (exact) mass is 414 g/mol. The highest BCUT2D eigenvalue weighted by atomic mass is 16.3. The summed E-state index contributed by atoms with van der Waals surface area (Å²) in [6.45, 7) is 3.40. The van der Waals surface area contributed by atoms with Crippen LogP contribution in [-0.4, -0.2) is 31.4 Å². The Morgan fingerprint density at radius 2 is 1.65 bits per heavy atom. The summed E-state index contributed by atoms with van der Waals surface area (Å²) in [5.74, 6) is -0.568. The number of hydrogen-bond acceptors (Lipinski definition) is 5. The molecule has 7 heteroatoms. The molecule has 0 aliphatic carbocycles. The lowest BCUT2D eigenvalue weighted by Gasteiger charge is -2.17. The summed E-state index contributed by atoms with van der Waals surface area (Å²) in [7, 11) is 0. The average Bonchev–Trinajstić information content (AvgIpc) is 3.21. The fraction of sp³-hybridized carbons (Fsp3) is 0.167. The molecule has 0 aliphatic rings. The summed E-state index contributed by atoms with van der Waals surface area (Å²) < 4.78 is 1.69. The SMILES string of the molecule is CC(C)(O)c1ccc(C(=O)Cc2cc(-c3ccc(C(N)=O)cc3)n3nccc3n2)cc1. The number of fused-ring (bicyclic) bond motifs is 1. The van der Waals surface area contributed by atoms with Gasteiger partial charge in [-0.3, -0.25) is 9.59 Å². The number of amides is 1. The fourth-order valence-electron chi connectivity index (χ4n) is 3.40. The summed E-state index contributed by atoms with van der Waals surface area (Å²) in [6, 6.07) is 17.4. The molecule has 4 aromatic rings. The maximum Gasteiger partial charge on any atom is 0.248 e. The zero-order chi connectivity index (χ0) is 22.2. The number of benzene rings is 2. The summed E-state index contributed by atoms with van der Waals surface area (Å²) in [6.07, 6.45) is 1.76. The number of aromatic nitrogens is 3. The topological polar surface area (TPSA) is 111 Å². The van der Waals surface area contributed by atoms with E-state index in [1.54, 1.807) is 79.2 Å². The third kappa shape index (κ3) is 4.22. The van der Waals surface area contributed by atoms with Gasteiger partial charge in [0.25, 0.3) is 0 Å². The van der Waals surface area contributed by atoms with E-state index in [1.807, 2.05) is 6.07 Å². The molecule has 0 spiro atoms. The molecule has 0 aliphatic heterocycles. The molecule has 0 atom stereocenters. The van der Waals surface area contributed by atoms with Crippen molar-refractivity contribution < 1.29 is 14.7 Å². The van der Waals surface area contributed by atoms with Crippen LogP contribution in [0.1, 0.15) is 45.8 Å². The van der Waals surface area contributed by atoms with Gasteiger partial charge in [-0.15, -0.1) is 0 Å². The van der Waals surface area contributed by atoms with Crippen LogP contribution in [0.5, 0.6) is 0 Å². The minimum absolute atomic E-state index is 0.0753. The summed E-state index contributed by atoms with van der Waals surface area (Å²) >= 11 is 0. The van der Waals surface area contributed by atoms with E-state index in [1.165, 1.54) is 0 Å². The van der Waals surface area contributed by atoms with E-state index in [4.69, 9.17) is 5.73 Å². The van der Waals surface area contributed by atoms with Crippen LogP contribution in [0.15, 0.2) is 66.9 Å². The number of nitrogens with two attached hydrogens (primary N) is 1. The van der Waals surface area contributed by atoms with Crippen molar-refractivity contribution in [2.75, 3.05) is 0 Å². The number of Topliss-reactive ketones (excluding diaryl/α,β-unsaturated/α-hetero) is 1. The number of rotatable bonds is 6. The van der Waals surface area contributed by atoms with Crippen LogP contribution in [0.4, 0.5) is 0 Å². The first-order chi connectivity index (χ1) is 14.7. The van der Waals surface area contributed by atoms with Crippen LogP contribution in [0, 0.1) is 0 Å². The van der Waals surface area contributed by atoms with E-state index in [-0.39, 0.29) is 12.2 Å². The normalized spacial score (nSPS) is 11.6. The van der Waals surface area contributed by atoms with E-state index >= 15 is 0 Å². The van der Waals surface area contributed by atoms with Gasteiger partial charge in [-0.1, -0.05) is 36.4 Å².